The van der Waals surface area contributed by atoms with Crippen LogP contribution < -0.4 is 65.5 Å². The zero-order valence-corrected chi connectivity index (χ0v) is 40.8. The summed E-state index contributed by atoms with van der Waals surface area (Å²) in [5, 5.41) is 29.4. The Bertz CT molecular complexity index is 2020. The molecule has 2 heterocycles. The highest BCUT2D eigenvalue weighted by Crippen LogP contribution is 2.26. The van der Waals surface area contributed by atoms with Crippen molar-refractivity contribution in [3.63, 3.8) is 0 Å². The van der Waals surface area contributed by atoms with E-state index < -0.39 is 145 Å². The Morgan fingerprint density at radius 3 is 2.09 bits per heavy atom. The molecule has 17 N–H and O–H groups in total. The number of carbonyl (C=O) groups is 11. The van der Waals surface area contributed by atoms with Crippen LogP contribution in [0.15, 0.2) is 30.3 Å². The third-order valence-corrected chi connectivity index (χ3v) is 13.8. The summed E-state index contributed by atoms with van der Waals surface area (Å²) in [5.41, 5.74) is 23.3. The van der Waals surface area contributed by atoms with Crippen LogP contribution in [0.5, 0.6) is 0 Å². The Morgan fingerprint density at radius 1 is 0.814 bits per heavy atom. The second kappa shape index (κ2) is 29.9. The van der Waals surface area contributed by atoms with E-state index in [9.17, 15) is 57.8 Å². The van der Waals surface area contributed by atoms with Crippen molar-refractivity contribution < 1.29 is 57.8 Å². The van der Waals surface area contributed by atoms with Gasteiger partial charge in [-0.25, -0.2) is 0 Å². The Balaban J connectivity index is 2.06. The number of nitrogens with one attached hydrogen (secondary N) is 8. The number of primary amides is 2. The van der Waals surface area contributed by atoms with Crippen molar-refractivity contribution in [2.75, 3.05) is 44.3 Å². The molecule has 11 amide bonds. The van der Waals surface area contributed by atoms with Crippen molar-refractivity contribution >= 4 is 86.6 Å². The van der Waals surface area contributed by atoms with Crippen LogP contribution in [0, 0.1) is 5.92 Å². The minimum Gasteiger partial charge on any atom is -0.395 e. The summed E-state index contributed by atoms with van der Waals surface area (Å²) in [5.74, 6) is -10.5. The predicted octanol–water partition coefficient (Wildman–Crippen LogP) is -5.39. The lowest BCUT2D eigenvalue weighted by atomic mass is 9.96. The van der Waals surface area contributed by atoms with Crippen molar-refractivity contribution in [2.45, 2.75) is 114 Å². The number of nitrogens with two attached hydrogens (primary N) is 4. The first-order valence-corrected chi connectivity index (χ1v) is 25.4. The van der Waals surface area contributed by atoms with Gasteiger partial charge in [0, 0.05) is 31.0 Å². The molecule has 2 aliphatic rings. The SMILES string of the molecule is CC[C@H](C)[C@@H]1NC(=O)[C@H](Cc2ccccc2)NC(=O)[C@@H](N)CSSC[C@@H](C(=O)N2CCC[C@H]2C(=O)N[C@@H](CCCN)C(=O)NCC(N)=O)NC(=O)[C@H](CC(N)=O)NC(=O)[C@H](CC(=O)NCCO)NC1=O. The maximum atomic E-state index is 14.5. The Morgan fingerprint density at radius 2 is 1.44 bits per heavy atom. The van der Waals surface area contributed by atoms with Gasteiger partial charge in [0.15, 0.2) is 0 Å². The van der Waals surface area contributed by atoms with Crippen molar-refractivity contribution in [3.05, 3.63) is 35.9 Å². The molecule has 0 radical (unpaired) electrons. The van der Waals surface area contributed by atoms with Crippen LogP contribution >= 0.6 is 21.6 Å². The van der Waals surface area contributed by atoms with Gasteiger partial charge in [0.05, 0.1) is 32.0 Å². The van der Waals surface area contributed by atoms with E-state index in [2.05, 4.69) is 42.5 Å². The number of benzene rings is 1. The summed E-state index contributed by atoms with van der Waals surface area (Å²) in [6.45, 7) is 2.42. The lowest BCUT2D eigenvalue weighted by Gasteiger charge is -2.31. The van der Waals surface area contributed by atoms with Crippen LogP contribution in [0.2, 0.25) is 0 Å². The van der Waals surface area contributed by atoms with Crippen molar-refractivity contribution in [2.24, 2.45) is 28.9 Å². The average Bonchev–Trinajstić information content (AvgIpc) is 3.83. The van der Waals surface area contributed by atoms with E-state index in [1.807, 2.05) is 0 Å². The van der Waals surface area contributed by atoms with Gasteiger partial charge < -0.3 is 75.5 Å². The van der Waals surface area contributed by atoms with Gasteiger partial charge in [0.1, 0.15) is 42.3 Å². The lowest BCUT2D eigenvalue weighted by Crippen LogP contribution is -2.62. The first kappa shape index (κ1) is 58.3. The van der Waals surface area contributed by atoms with Crippen LogP contribution in [0.1, 0.15) is 64.4 Å². The number of hydrogen-bond acceptors (Lipinski definition) is 16. The summed E-state index contributed by atoms with van der Waals surface area (Å²) in [6.07, 6.45) is -0.384. The fourth-order valence-electron chi connectivity index (χ4n) is 7.32. The van der Waals surface area contributed by atoms with Gasteiger partial charge in [-0.2, -0.15) is 0 Å². The molecule has 25 nitrogen and oxygen atoms in total. The smallest absolute Gasteiger partial charge is 0.246 e. The fraction of sp³-hybridized carbons (Fsp3) is 0.605. The summed E-state index contributed by atoms with van der Waals surface area (Å²) in [4.78, 5) is 149. The Labute approximate surface area is 413 Å². The van der Waals surface area contributed by atoms with Crippen molar-refractivity contribution in [1.82, 2.24) is 47.4 Å². The first-order chi connectivity index (χ1) is 33.3. The molecule has 27 heteroatoms. The second-order valence-electron chi connectivity index (χ2n) is 16.8. The molecule has 2 saturated heterocycles. The van der Waals surface area contributed by atoms with Crippen LogP contribution in [-0.4, -0.2) is 168 Å². The van der Waals surface area contributed by atoms with Crippen LogP contribution in [-0.2, 0) is 59.2 Å². The predicted molar refractivity (Wildman–Crippen MR) is 258 cm³/mol. The van der Waals surface area contributed by atoms with Crippen LogP contribution in [0.4, 0.5) is 0 Å². The topological polar surface area (TPSA) is 412 Å². The standard InChI is InChI=1S/C43H67N13O12S2/c1-3-23(2)35-42(67)53-29(19-34(60)48-14-16-57)39(64)52-28(18-32(46)58)38(63)54-30(22-70-69-21-25(45)36(61)51-27(40(65)55-35)17-24-9-5-4-6-10-24)43(68)56-15-8-12-31(56)41(66)50-26(11-7-13-44)37(62)49-20-33(47)59/h4-6,9-10,23,25-31,35,57H,3,7-8,11-22,44-45H2,1-2H3,(H2,46,58)(H2,47,59)(H,48,60)(H,49,62)(H,50,66)(H,51,61)(H,52,64)(H,53,67)(H,54,63)(H,55,65)/t23-,25-,26-,27-,28-,29-,30-,31-,35-/m0/s1. The number of likely N-dealkylation sites (tertiary alicyclic amines) is 1. The molecular weight excluding hydrogens is 955 g/mol. The van der Waals surface area contributed by atoms with Gasteiger partial charge in [0.25, 0.3) is 0 Å². The number of carbonyl (C=O) groups excluding carboxylic acids is 11. The highest BCUT2D eigenvalue weighted by molar-refractivity contribution is 8.76. The monoisotopic (exact) mass is 1020 g/mol. The molecule has 2 fully saturated rings. The van der Waals surface area contributed by atoms with Crippen LogP contribution in [0.3, 0.4) is 0 Å². The number of rotatable bonds is 19. The lowest BCUT2D eigenvalue weighted by molar-refractivity contribution is -0.142. The third-order valence-electron chi connectivity index (χ3n) is 11.3. The van der Waals surface area contributed by atoms with Gasteiger partial charge >= 0.3 is 0 Å². The van der Waals surface area contributed by atoms with E-state index in [0.29, 0.717) is 24.8 Å². The van der Waals surface area contributed by atoms with Crippen LogP contribution in [0.25, 0.3) is 0 Å². The average molecular weight is 1020 g/mol. The van der Waals surface area contributed by atoms with E-state index in [4.69, 9.17) is 22.9 Å². The Kier molecular flexibility index (Phi) is 24.9. The fourth-order valence-corrected chi connectivity index (χ4v) is 9.60. The summed E-state index contributed by atoms with van der Waals surface area (Å²) >= 11 is 0. The van der Waals surface area contributed by atoms with Crippen molar-refractivity contribution in [3.8, 4) is 0 Å². The highest BCUT2D eigenvalue weighted by atomic mass is 33.1. The molecule has 0 spiro atoms. The molecule has 1 aromatic rings. The quantitative estimate of drug-likeness (QED) is 0.0576. The van der Waals surface area contributed by atoms with Crippen molar-refractivity contribution in [1.29, 1.82) is 0 Å². The molecule has 9 atom stereocenters. The molecular formula is C43H67N13O12S2. The maximum Gasteiger partial charge on any atom is 0.246 e. The normalized spacial score (nSPS) is 24.0. The summed E-state index contributed by atoms with van der Waals surface area (Å²) in [7, 11) is 2.05. The number of aliphatic hydroxyl groups is 1. The van der Waals surface area contributed by atoms with Gasteiger partial charge in [-0.05, 0) is 43.7 Å². The molecule has 2 aliphatic heterocycles. The van der Waals surface area contributed by atoms with E-state index >= 15 is 0 Å². The molecule has 3 rings (SSSR count). The van der Waals surface area contributed by atoms with E-state index in [1.165, 1.54) is 4.90 Å². The van der Waals surface area contributed by atoms with Gasteiger partial charge in [-0.1, -0.05) is 72.2 Å². The number of aliphatic hydroxyl groups excluding tert-OH is 1. The molecule has 0 bridgehead atoms. The minimum absolute atomic E-state index is 0.0188. The molecule has 388 valence electrons. The highest BCUT2D eigenvalue weighted by Gasteiger charge is 2.41. The summed E-state index contributed by atoms with van der Waals surface area (Å²) in [6, 6.07) is -2.46. The molecule has 0 aromatic heterocycles. The number of amides is 11. The van der Waals surface area contributed by atoms with Gasteiger partial charge in [-0.15, -0.1) is 0 Å². The largest absolute Gasteiger partial charge is 0.395 e. The van der Waals surface area contributed by atoms with Gasteiger partial charge in [-0.3, -0.25) is 52.7 Å². The molecule has 0 unspecified atom stereocenters. The zero-order valence-electron chi connectivity index (χ0n) is 39.2. The molecule has 0 aliphatic carbocycles. The molecule has 0 saturated carbocycles. The van der Waals surface area contributed by atoms with E-state index in [-0.39, 0.29) is 50.4 Å². The number of nitrogens with zero attached hydrogens (tertiary/aromatic N) is 1. The maximum absolute atomic E-state index is 14.5. The molecule has 70 heavy (non-hydrogen) atoms. The van der Waals surface area contributed by atoms with E-state index in [1.54, 1.807) is 44.2 Å². The number of hydrogen-bond donors (Lipinski definition) is 13. The first-order valence-electron chi connectivity index (χ1n) is 22.9. The van der Waals surface area contributed by atoms with Gasteiger partial charge in [0.2, 0.25) is 65.0 Å². The summed E-state index contributed by atoms with van der Waals surface area (Å²) < 4.78 is 0. The minimum atomic E-state index is -1.80. The zero-order chi connectivity index (χ0) is 51.9. The Hall–Kier alpha value is -6.03. The van der Waals surface area contributed by atoms with E-state index in [0.717, 1.165) is 21.6 Å². The third kappa shape index (κ3) is 19.0. The molecule has 1 aromatic carbocycles. The second-order valence-corrected chi connectivity index (χ2v) is 19.3.